The fourth-order valence-electron chi connectivity index (χ4n) is 0.855. The molecular formula is C8H8N2O2S. The van der Waals surface area contributed by atoms with Crippen LogP contribution in [0.25, 0.3) is 0 Å². The molecule has 68 valence electrons. The molecule has 0 fully saturated rings. The van der Waals surface area contributed by atoms with Crippen LogP contribution in [-0.4, -0.2) is 17.3 Å². The van der Waals surface area contributed by atoms with Crippen LogP contribution in [-0.2, 0) is 11.5 Å². The molecule has 0 unspecified atom stereocenters. The number of anilines is 1. The van der Waals surface area contributed by atoms with Crippen molar-refractivity contribution in [2.45, 2.75) is 0 Å². The third kappa shape index (κ3) is 2.48. The maximum absolute atomic E-state index is 11.1. The molecule has 0 N–H and O–H groups in total. The quantitative estimate of drug-likeness (QED) is 0.685. The Hall–Kier alpha value is -1.49. The Morgan fingerprint density at radius 3 is 2.54 bits per heavy atom. The monoisotopic (exact) mass is 196 g/mol. The first kappa shape index (κ1) is 9.60. The van der Waals surface area contributed by atoms with Gasteiger partial charge >= 0.3 is 6.03 Å². The summed E-state index contributed by atoms with van der Waals surface area (Å²) in [5.74, 6) is 0. The lowest BCUT2D eigenvalue weighted by Crippen LogP contribution is -2.22. The van der Waals surface area contributed by atoms with E-state index in [1.54, 1.807) is 19.2 Å². The van der Waals surface area contributed by atoms with Gasteiger partial charge in [0.1, 0.15) is 0 Å². The number of para-hydroxylation sites is 1. The lowest BCUT2D eigenvalue weighted by Gasteiger charge is -2.12. The van der Waals surface area contributed by atoms with Crippen molar-refractivity contribution in [3.05, 3.63) is 30.3 Å². The highest BCUT2D eigenvalue weighted by molar-refractivity contribution is 7.55. The molecule has 0 aliphatic rings. The van der Waals surface area contributed by atoms with Crippen molar-refractivity contribution in [3.63, 3.8) is 0 Å². The van der Waals surface area contributed by atoms with Crippen LogP contribution < -0.4 is 4.90 Å². The highest BCUT2D eigenvalue weighted by atomic mass is 32.1. The Kier molecular flexibility index (Phi) is 3.33. The van der Waals surface area contributed by atoms with Crippen molar-refractivity contribution < 1.29 is 9.00 Å². The van der Waals surface area contributed by atoms with Crippen LogP contribution in [0.5, 0.6) is 0 Å². The second-order valence-electron chi connectivity index (χ2n) is 2.34. The van der Waals surface area contributed by atoms with Gasteiger partial charge in [-0.1, -0.05) is 22.6 Å². The van der Waals surface area contributed by atoms with E-state index in [2.05, 4.69) is 4.36 Å². The van der Waals surface area contributed by atoms with Crippen molar-refractivity contribution >= 4 is 23.2 Å². The number of benzene rings is 1. The zero-order valence-electron chi connectivity index (χ0n) is 7.01. The third-order valence-electron chi connectivity index (χ3n) is 1.55. The maximum Gasteiger partial charge on any atom is 0.360 e. The van der Waals surface area contributed by atoms with Crippen molar-refractivity contribution in [2.75, 3.05) is 11.9 Å². The predicted molar refractivity (Wildman–Crippen MR) is 50.8 cm³/mol. The predicted octanol–water partition coefficient (Wildman–Crippen LogP) is 1.64. The number of rotatable bonds is 1. The SMILES string of the molecule is CN(C(=O)N=S=O)c1ccccc1. The van der Waals surface area contributed by atoms with Gasteiger partial charge in [-0.2, -0.15) is 4.21 Å². The Bertz CT molecular complexity index is 346. The molecule has 0 aliphatic heterocycles. The van der Waals surface area contributed by atoms with E-state index in [1.807, 2.05) is 18.2 Å². The van der Waals surface area contributed by atoms with Gasteiger partial charge in [0.05, 0.1) is 0 Å². The summed E-state index contributed by atoms with van der Waals surface area (Å²) in [6.07, 6.45) is 0. The van der Waals surface area contributed by atoms with Gasteiger partial charge in [0, 0.05) is 12.7 Å². The van der Waals surface area contributed by atoms with E-state index in [9.17, 15) is 9.00 Å². The average molecular weight is 196 g/mol. The number of urea groups is 1. The normalized spacial score (nSPS) is 9.00. The number of carbonyl (C=O) groups excluding carboxylic acids is 1. The standard InChI is InChI=1S/C8H8N2O2S/c1-10(8(11)9-13-12)7-5-3-2-4-6-7/h2-6H,1H3. The lowest BCUT2D eigenvalue weighted by molar-refractivity contribution is 0.256. The molecule has 0 heterocycles. The summed E-state index contributed by atoms with van der Waals surface area (Å²) >= 11 is -0.0835. The van der Waals surface area contributed by atoms with Crippen molar-refractivity contribution in [3.8, 4) is 0 Å². The van der Waals surface area contributed by atoms with Crippen LogP contribution in [0.15, 0.2) is 34.7 Å². The van der Waals surface area contributed by atoms with Crippen LogP contribution in [0.3, 0.4) is 0 Å². The molecule has 13 heavy (non-hydrogen) atoms. The van der Waals surface area contributed by atoms with Gasteiger partial charge in [-0.15, -0.1) is 0 Å². The zero-order valence-corrected chi connectivity index (χ0v) is 7.82. The van der Waals surface area contributed by atoms with Crippen molar-refractivity contribution in [1.82, 2.24) is 0 Å². The highest BCUT2D eigenvalue weighted by Crippen LogP contribution is 2.11. The third-order valence-corrected chi connectivity index (χ3v) is 1.78. The van der Waals surface area contributed by atoms with E-state index >= 15 is 0 Å². The Balaban J connectivity index is 2.85. The van der Waals surface area contributed by atoms with Crippen LogP contribution in [0.1, 0.15) is 0 Å². The number of nitrogens with zero attached hydrogens (tertiary/aromatic N) is 2. The second kappa shape index (κ2) is 4.51. The van der Waals surface area contributed by atoms with Crippen molar-refractivity contribution in [2.24, 2.45) is 4.36 Å². The van der Waals surface area contributed by atoms with E-state index in [1.165, 1.54) is 4.90 Å². The molecule has 0 aromatic heterocycles. The number of carbonyl (C=O) groups is 1. The molecule has 4 nitrogen and oxygen atoms in total. The summed E-state index contributed by atoms with van der Waals surface area (Å²) in [5, 5.41) is 0. The van der Waals surface area contributed by atoms with Gasteiger partial charge in [0.25, 0.3) is 0 Å². The van der Waals surface area contributed by atoms with Crippen LogP contribution >= 0.6 is 0 Å². The van der Waals surface area contributed by atoms with E-state index in [0.717, 1.165) is 0 Å². The summed E-state index contributed by atoms with van der Waals surface area (Å²) in [6, 6.07) is 8.45. The molecule has 0 spiro atoms. The van der Waals surface area contributed by atoms with Crippen LogP contribution in [0.2, 0.25) is 0 Å². The van der Waals surface area contributed by atoms with Crippen LogP contribution in [0, 0.1) is 0 Å². The fourth-order valence-corrected chi connectivity index (χ4v) is 1.04. The minimum Gasteiger partial charge on any atom is -0.295 e. The number of hydrogen-bond donors (Lipinski definition) is 0. The Morgan fingerprint density at radius 1 is 1.38 bits per heavy atom. The minimum absolute atomic E-state index is 0.0835. The molecule has 1 rings (SSSR count). The van der Waals surface area contributed by atoms with E-state index in [-0.39, 0.29) is 11.5 Å². The average Bonchev–Trinajstić information content (AvgIpc) is 2.18. The molecule has 0 radical (unpaired) electrons. The van der Waals surface area contributed by atoms with E-state index < -0.39 is 6.03 Å². The molecule has 0 saturated heterocycles. The van der Waals surface area contributed by atoms with Gasteiger partial charge in [-0.05, 0) is 12.1 Å². The molecule has 0 saturated carbocycles. The molecule has 0 atom stereocenters. The largest absolute Gasteiger partial charge is 0.360 e. The van der Waals surface area contributed by atoms with Gasteiger partial charge < -0.3 is 0 Å². The smallest absolute Gasteiger partial charge is 0.295 e. The summed E-state index contributed by atoms with van der Waals surface area (Å²) in [4.78, 5) is 12.4. The summed E-state index contributed by atoms with van der Waals surface area (Å²) < 4.78 is 13.1. The summed E-state index contributed by atoms with van der Waals surface area (Å²) in [6.45, 7) is 0. The Morgan fingerprint density at radius 2 is 2.00 bits per heavy atom. The molecule has 1 aromatic rings. The zero-order chi connectivity index (χ0) is 9.68. The lowest BCUT2D eigenvalue weighted by atomic mass is 10.3. The van der Waals surface area contributed by atoms with Crippen LogP contribution in [0.4, 0.5) is 10.5 Å². The van der Waals surface area contributed by atoms with Gasteiger partial charge in [-0.25, -0.2) is 4.79 Å². The van der Waals surface area contributed by atoms with E-state index in [4.69, 9.17) is 0 Å². The van der Waals surface area contributed by atoms with E-state index in [0.29, 0.717) is 5.69 Å². The molecule has 0 bridgehead atoms. The molecular weight excluding hydrogens is 188 g/mol. The molecule has 2 amide bonds. The van der Waals surface area contributed by atoms with Gasteiger partial charge in [0.2, 0.25) is 11.5 Å². The topological polar surface area (TPSA) is 49.7 Å². The summed E-state index contributed by atoms with van der Waals surface area (Å²) in [5.41, 5.74) is 0.713. The van der Waals surface area contributed by atoms with Crippen molar-refractivity contribution in [1.29, 1.82) is 0 Å². The molecule has 5 heteroatoms. The Labute approximate surface area is 79.4 Å². The fraction of sp³-hybridized carbons (Fsp3) is 0.125. The first-order chi connectivity index (χ1) is 6.25. The first-order valence-electron chi connectivity index (χ1n) is 3.58. The second-order valence-corrected chi connectivity index (χ2v) is 2.67. The maximum atomic E-state index is 11.1. The van der Waals surface area contributed by atoms with Gasteiger partial charge in [-0.3, -0.25) is 4.90 Å². The van der Waals surface area contributed by atoms with Gasteiger partial charge in [0.15, 0.2) is 0 Å². The number of amides is 2. The summed E-state index contributed by atoms with van der Waals surface area (Å²) in [7, 11) is 1.57. The molecule has 1 aromatic carbocycles. The highest BCUT2D eigenvalue weighted by Gasteiger charge is 2.07. The molecule has 0 aliphatic carbocycles. The number of hydrogen-bond acceptors (Lipinski definition) is 2. The first-order valence-corrected chi connectivity index (χ1v) is 4.28. The minimum atomic E-state index is -0.550.